The maximum atomic E-state index is 11.4. The van der Waals surface area contributed by atoms with E-state index in [4.69, 9.17) is 0 Å². The molecule has 0 radical (unpaired) electrons. The van der Waals surface area contributed by atoms with Gasteiger partial charge in [0.1, 0.15) is 5.78 Å². The monoisotopic (exact) mass is 226 g/mol. The van der Waals surface area contributed by atoms with E-state index in [2.05, 4.69) is 20.8 Å². The Morgan fingerprint density at radius 1 is 0.875 bits per heavy atom. The molecule has 1 heteroatoms. The molecule has 1 nitrogen and oxygen atoms in total. The van der Waals surface area contributed by atoms with Crippen molar-refractivity contribution in [3.8, 4) is 0 Å². The molecule has 0 aliphatic rings. The zero-order valence-corrected chi connectivity index (χ0v) is 11.6. The van der Waals surface area contributed by atoms with E-state index < -0.39 is 0 Å². The van der Waals surface area contributed by atoms with Crippen LogP contribution >= 0.6 is 0 Å². The van der Waals surface area contributed by atoms with Crippen molar-refractivity contribution in [2.45, 2.75) is 85.0 Å². The van der Waals surface area contributed by atoms with E-state index in [1.54, 1.807) is 0 Å². The van der Waals surface area contributed by atoms with Crippen molar-refractivity contribution in [2.24, 2.45) is 5.92 Å². The number of carbonyl (C=O) groups excluding carboxylic acids is 1. The van der Waals surface area contributed by atoms with Crippen molar-refractivity contribution in [1.82, 2.24) is 0 Å². The van der Waals surface area contributed by atoms with Crippen molar-refractivity contribution in [3.63, 3.8) is 0 Å². The predicted octanol–water partition coefficient (Wildman–Crippen LogP) is 5.13. The molecule has 0 N–H and O–H groups in total. The van der Waals surface area contributed by atoms with Crippen LogP contribution in [0.3, 0.4) is 0 Å². The Hall–Kier alpha value is -0.330. The summed E-state index contributed by atoms with van der Waals surface area (Å²) in [5.41, 5.74) is 0. The van der Waals surface area contributed by atoms with Crippen molar-refractivity contribution < 1.29 is 4.79 Å². The summed E-state index contributed by atoms with van der Waals surface area (Å²) in [7, 11) is 0. The molecule has 0 aromatic carbocycles. The number of carbonyl (C=O) groups is 1. The van der Waals surface area contributed by atoms with Crippen molar-refractivity contribution in [1.29, 1.82) is 0 Å². The van der Waals surface area contributed by atoms with Crippen LogP contribution in [0.5, 0.6) is 0 Å². The van der Waals surface area contributed by atoms with E-state index in [9.17, 15) is 4.79 Å². The minimum absolute atomic E-state index is 0.477. The lowest BCUT2D eigenvalue weighted by Gasteiger charge is -2.12. The van der Waals surface area contributed by atoms with Crippen LogP contribution in [0.2, 0.25) is 0 Å². The summed E-state index contributed by atoms with van der Waals surface area (Å²) in [5, 5.41) is 0. The first-order valence-corrected chi connectivity index (χ1v) is 7.26. The Balaban J connectivity index is 3.40. The average molecular weight is 226 g/mol. The fraction of sp³-hybridized carbons (Fsp3) is 0.933. The quantitative estimate of drug-likeness (QED) is 0.446. The Bertz CT molecular complexity index is 163. The fourth-order valence-electron chi connectivity index (χ4n) is 2.21. The molecule has 0 fully saturated rings. The van der Waals surface area contributed by atoms with Gasteiger partial charge in [0.2, 0.25) is 0 Å². The van der Waals surface area contributed by atoms with E-state index in [0.717, 1.165) is 38.0 Å². The molecule has 16 heavy (non-hydrogen) atoms. The molecule has 0 unspecified atom stereocenters. The van der Waals surface area contributed by atoms with Gasteiger partial charge in [0, 0.05) is 12.8 Å². The van der Waals surface area contributed by atoms with E-state index in [-0.39, 0.29) is 0 Å². The highest BCUT2D eigenvalue weighted by atomic mass is 16.1. The molecule has 0 saturated carbocycles. The predicted molar refractivity (Wildman–Crippen MR) is 71.7 cm³/mol. The third kappa shape index (κ3) is 8.94. The van der Waals surface area contributed by atoms with Crippen molar-refractivity contribution in [3.05, 3.63) is 0 Å². The first kappa shape index (κ1) is 15.7. The highest BCUT2D eigenvalue weighted by Crippen LogP contribution is 2.19. The summed E-state index contributed by atoms with van der Waals surface area (Å²) in [6, 6.07) is 0. The smallest absolute Gasteiger partial charge is 0.132 e. The highest BCUT2D eigenvalue weighted by molar-refractivity contribution is 5.78. The Morgan fingerprint density at radius 3 is 2.12 bits per heavy atom. The molecule has 0 rings (SSSR count). The zero-order chi connectivity index (χ0) is 12.2. The topological polar surface area (TPSA) is 17.1 Å². The van der Waals surface area contributed by atoms with E-state index in [0.29, 0.717) is 5.78 Å². The minimum Gasteiger partial charge on any atom is -0.300 e. The van der Waals surface area contributed by atoms with Crippen LogP contribution in [0.25, 0.3) is 0 Å². The van der Waals surface area contributed by atoms with Gasteiger partial charge in [0.05, 0.1) is 0 Å². The summed E-state index contributed by atoms with van der Waals surface area (Å²) >= 11 is 0. The van der Waals surface area contributed by atoms with E-state index in [1.165, 1.54) is 32.1 Å². The summed E-state index contributed by atoms with van der Waals surface area (Å²) in [4.78, 5) is 11.4. The number of hydrogen-bond acceptors (Lipinski definition) is 1. The standard InChI is InChI=1S/C15H30O/c1-4-7-12-15(16)13-9-8-11-14(6-3)10-5-2/h14H,4-13H2,1-3H3/t14-/m1/s1. The second-order valence-corrected chi connectivity index (χ2v) is 4.95. The third-order valence-electron chi connectivity index (χ3n) is 3.40. The van der Waals surface area contributed by atoms with Crippen LogP contribution in [0.1, 0.15) is 85.0 Å². The number of Topliss-reactive ketones (excluding diaryl/α,β-unsaturated/α-hetero) is 1. The van der Waals surface area contributed by atoms with E-state index in [1.807, 2.05) is 0 Å². The molecular formula is C15H30O. The van der Waals surface area contributed by atoms with Crippen LogP contribution in [0.15, 0.2) is 0 Å². The second kappa shape index (κ2) is 11.2. The van der Waals surface area contributed by atoms with Gasteiger partial charge in [-0.05, 0) is 18.8 Å². The van der Waals surface area contributed by atoms with Crippen molar-refractivity contribution in [2.75, 3.05) is 0 Å². The fourth-order valence-corrected chi connectivity index (χ4v) is 2.21. The Morgan fingerprint density at radius 2 is 1.56 bits per heavy atom. The van der Waals surface area contributed by atoms with Gasteiger partial charge in [-0.2, -0.15) is 0 Å². The lowest BCUT2D eigenvalue weighted by molar-refractivity contribution is -0.119. The minimum atomic E-state index is 0.477. The second-order valence-electron chi connectivity index (χ2n) is 4.95. The molecule has 1 atom stereocenters. The summed E-state index contributed by atoms with van der Waals surface area (Å²) in [6.07, 6.45) is 11.5. The molecule has 0 amide bonds. The van der Waals surface area contributed by atoms with Crippen LogP contribution in [-0.4, -0.2) is 5.78 Å². The number of hydrogen-bond donors (Lipinski definition) is 0. The van der Waals surface area contributed by atoms with Gasteiger partial charge in [-0.25, -0.2) is 0 Å². The zero-order valence-electron chi connectivity index (χ0n) is 11.6. The van der Waals surface area contributed by atoms with Crippen LogP contribution in [0, 0.1) is 5.92 Å². The van der Waals surface area contributed by atoms with Crippen LogP contribution in [-0.2, 0) is 4.79 Å². The van der Waals surface area contributed by atoms with Gasteiger partial charge >= 0.3 is 0 Å². The van der Waals surface area contributed by atoms with Gasteiger partial charge in [-0.1, -0.05) is 59.3 Å². The normalized spacial score (nSPS) is 12.7. The summed E-state index contributed by atoms with van der Waals surface area (Å²) < 4.78 is 0. The van der Waals surface area contributed by atoms with Gasteiger partial charge in [0.25, 0.3) is 0 Å². The number of rotatable bonds is 11. The molecule has 0 aromatic heterocycles. The Kier molecular flexibility index (Phi) is 10.9. The average Bonchev–Trinajstić information content (AvgIpc) is 2.30. The van der Waals surface area contributed by atoms with Gasteiger partial charge < -0.3 is 0 Å². The van der Waals surface area contributed by atoms with Gasteiger partial charge in [-0.3, -0.25) is 4.79 Å². The summed E-state index contributed by atoms with van der Waals surface area (Å²) in [6.45, 7) is 6.69. The Labute approximate surface area is 102 Å². The summed E-state index contributed by atoms with van der Waals surface area (Å²) in [5.74, 6) is 1.38. The molecule has 0 aromatic rings. The largest absolute Gasteiger partial charge is 0.300 e. The molecule has 0 heterocycles. The first-order valence-electron chi connectivity index (χ1n) is 7.26. The molecule has 0 aliphatic heterocycles. The highest BCUT2D eigenvalue weighted by Gasteiger charge is 2.06. The van der Waals surface area contributed by atoms with Crippen molar-refractivity contribution >= 4 is 5.78 Å². The molecule has 0 spiro atoms. The molecular weight excluding hydrogens is 196 g/mol. The molecule has 0 bridgehead atoms. The maximum absolute atomic E-state index is 11.4. The lowest BCUT2D eigenvalue weighted by Crippen LogP contribution is -2.00. The maximum Gasteiger partial charge on any atom is 0.132 e. The number of ketones is 1. The first-order chi connectivity index (χ1) is 7.74. The van der Waals surface area contributed by atoms with Crippen LogP contribution in [0.4, 0.5) is 0 Å². The molecule has 0 aliphatic carbocycles. The lowest BCUT2D eigenvalue weighted by atomic mass is 9.93. The SMILES string of the molecule is CCCCC(=O)CCCC[C@H](CC)CCC. The third-order valence-corrected chi connectivity index (χ3v) is 3.40. The number of unbranched alkanes of at least 4 members (excludes halogenated alkanes) is 2. The molecule has 96 valence electrons. The van der Waals surface area contributed by atoms with Crippen LogP contribution < -0.4 is 0 Å². The van der Waals surface area contributed by atoms with Gasteiger partial charge in [-0.15, -0.1) is 0 Å². The molecule has 0 saturated heterocycles. The van der Waals surface area contributed by atoms with E-state index >= 15 is 0 Å². The van der Waals surface area contributed by atoms with Gasteiger partial charge in [0.15, 0.2) is 0 Å².